The van der Waals surface area contributed by atoms with Gasteiger partial charge in [-0.3, -0.25) is 0 Å². The Bertz CT molecular complexity index is 880. The number of rotatable bonds is 4. The van der Waals surface area contributed by atoms with Crippen LogP contribution in [0.3, 0.4) is 0 Å². The van der Waals surface area contributed by atoms with E-state index in [2.05, 4.69) is 20.3 Å². The van der Waals surface area contributed by atoms with Crippen LogP contribution in [0.15, 0.2) is 30.7 Å². The molecule has 1 aliphatic heterocycles. The van der Waals surface area contributed by atoms with E-state index in [1.807, 2.05) is 26.8 Å². The molecular formula is C20H24N6O3. The van der Waals surface area contributed by atoms with E-state index in [4.69, 9.17) is 14.7 Å². The molecule has 3 rings (SSSR count). The molecule has 1 saturated heterocycles. The summed E-state index contributed by atoms with van der Waals surface area (Å²) < 4.78 is 11.4. The first-order valence-corrected chi connectivity index (χ1v) is 9.42. The fraction of sp³-hybridized carbons (Fsp3) is 0.450. The van der Waals surface area contributed by atoms with Gasteiger partial charge in [0, 0.05) is 32.0 Å². The summed E-state index contributed by atoms with van der Waals surface area (Å²) in [7, 11) is 0. The van der Waals surface area contributed by atoms with Crippen molar-refractivity contribution in [3.63, 3.8) is 0 Å². The number of pyridine rings is 1. The van der Waals surface area contributed by atoms with E-state index in [0.717, 1.165) is 0 Å². The molecule has 2 aromatic heterocycles. The van der Waals surface area contributed by atoms with Gasteiger partial charge >= 0.3 is 6.09 Å². The molecule has 152 valence electrons. The second kappa shape index (κ2) is 8.73. The number of piperidine rings is 1. The number of likely N-dealkylation sites (tertiary alicyclic amines) is 1. The van der Waals surface area contributed by atoms with E-state index >= 15 is 0 Å². The van der Waals surface area contributed by atoms with Crippen molar-refractivity contribution in [3.8, 4) is 11.9 Å². The van der Waals surface area contributed by atoms with Gasteiger partial charge < -0.3 is 19.7 Å². The second-order valence-electron chi connectivity index (χ2n) is 7.70. The van der Waals surface area contributed by atoms with Crippen LogP contribution in [-0.4, -0.2) is 50.7 Å². The van der Waals surface area contributed by atoms with E-state index in [1.54, 1.807) is 29.3 Å². The molecule has 0 radical (unpaired) electrons. The van der Waals surface area contributed by atoms with Crippen LogP contribution in [0.5, 0.6) is 5.88 Å². The van der Waals surface area contributed by atoms with Gasteiger partial charge in [0.1, 0.15) is 35.6 Å². The monoisotopic (exact) mass is 396 g/mol. The Balaban J connectivity index is 1.53. The number of nitrogens with one attached hydrogen (secondary N) is 1. The topological polar surface area (TPSA) is 113 Å². The number of nitrogens with zero attached hydrogens (tertiary/aromatic N) is 5. The van der Waals surface area contributed by atoms with E-state index in [9.17, 15) is 4.79 Å². The highest BCUT2D eigenvalue weighted by molar-refractivity contribution is 5.68. The molecule has 1 fully saturated rings. The molecule has 29 heavy (non-hydrogen) atoms. The van der Waals surface area contributed by atoms with Gasteiger partial charge in [-0.2, -0.15) is 5.26 Å². The van der Waals surface area contributed by atoms with E-state index in [0.29, 0.717) is 49.0 Å². The van der Waals surface area contributed by atoms with Crippen molar-refractivity contribution in [1.82, 2.24) is 19.9 Å². The van der Waals surface area contributed by atoms with Gasteiger partial charge in [-0.25, -0.2) is 19.7 Å². The maximum absolute atomic E-state index is 12.1. The minimum Gasteiger partial charge on any atom is -0.474 e. The lowest BCUT2D eigenvalue weighted by Crippen LogP contribution is -2.44. The van der Waals surface area contributed by atoms with Crippen LogP contribution in [0.4, 0.5) is 16.3 Å². The molecule has 0 saturated carbocycles. The normalized spacial score (nSPS) is 14.8. The van der Waals surface area contributed by atoms with Crippen molar-refractivity contribution < 1.29 is 14.3 Å². The number of ether oxygens (including phenoxy) is 2. The Labute approximate surface area is 169 Å². The van der Waals surface area contributed by atoms with Gasteiger partial charge in [-0.05, 0) is 32.9 Å². The fourth-order valence-electron chi connectivity index (χ4n) is 2.81. The lowest BCUT2D eigenvalue weighted by molar-refractivity contribution is 0.0123. The first-order chi connectivity index (χ1) is 13.8. The summed E-state index contributed by atoms with van der Waals surface area (Å²) in [5, 5.41) is 11.9. The predicted molar refractivity (Wildman–Crippen MR) is 106 cm³/mol. The summed E-state index contributed by atoms with van der Waals surface area (Å²) in [6.07, 6.45) is 4.06. The summed E-state index contributed by atoms with van der Waals surface area (Å²) in [6, 6.07) is 7.06. The molecule has 3 heterocycles. The molecule has 2 aromatic rings. The maximum atomic E-state index is 12.1. The van der Waals surface area contributed by atoms with Crippen molar-refractivity contribution in [1.29, 1.82) is 5.26 Å². The van der Waals surface area contributed by atoms with Crippen LogP contribution in [0, 0.1) is 11.3 Å². The molecule has 9 nitrogen and oxygen atoms in total. The van der Waals surface area contributed by atoms with Crippen LogP contribution in [0.25, 0.3) is 0 Å². The van der Waals surface area contributed by atoms with Gasteiger partial charge in [0.15, 0.2) is 0 Å². The number of aromatic nitrogens is 3. The standard InChI is InChI=1S/C20H24N6O3/c1-20(2,3)29-19(27)26-8-6-16(7-9-26)28-18-10-17(23-13-24-18)25-15-5-4-14(11-21)22-12-15/h4-5,10,12-13,16H,6-9H2,1-3H3,(H,23,24,25). The molecule has 0 aliphatic carbocycles. The van der Waals surface area contributed by atoms with Crippen LogP contribution in [0.2, 0.25) is 0 Å². The number of carbonyl (C=O) groups is 1. The van der Waals surface area contributed by atoms with Crippen LogP contribution < -0.4 is 10.1 Å². The van der Waals surface area contributed by atoms with Crippen molar-refractivity contribution >= 4 is 17.6 Å². The van der Waals surface area contributed by atoms with Gasteiger partial charge in [0.25, 0.3) is 0 Å². The fourth-order valence-corrected chi connectivity index (χ4v) is 2.81. The average molecular weight is 396 g/mol. The van der Waals surface area contributed by atoms with Gasteiger partial charge in [-0.1, -0.05) is 0 Å². The summed E-state index contributed by atoms with van der Waals surface area (Å²) in [5.41, 5.74) is 0.554. The van der Waals surface area contributed by atoms with Gasteiger partial charge in [0.2, 0.25) is 5.88 Å². The Morgan fingerprint density at radius 1 is 1.24 bits per heavy atom. The largest absolute Gasteiger partial charge is 0.474 e. The van der Waals surface area contributed by atoms with E-state index < -0.39 is 5.60 Å². The number of nitriles is 1. The summed E-state index contributed by atoms with van der Waals surface area (Å²) in [6.45, 7) is 6.72. The third kappa shape index (κ3) is 6.04. The quantitative estimate of drug-likeness (QED) is 0.838. The minimum absolute atomic E-state index is 0.0342. The molecule has 0 atom stereocenters. The Hall–Kier alpha value is -3.41. The Morgan fingerprint density at radius 3 is 2.62 bits per heavy atom. The van der Waals surface area contributed by atoms with Gasteiger partial charge in [0.05, 0.1) is 11.9 Å². The molecule has 9 heteroatoms. The predicted octanol–water partition coefficient (Wildman–Crippen LogP) is 3.27. The second-order valence-corrected chi connectivity index (χ2v) is 7.70. The smallest absolute Gasteiger partial charge is 0.410 e. The molecule has 1 amide bonds. The molecule has 0 unspecified atom stereocenters. The van der Waals surface area contributed by atoms with Crippen molar-refractivity contribution in [3.05, 3.63) is 36.4 Å². The summed E-state index contributed by atoms with van der Waals surface area (Å²) in [5.74, 6) is 1.02. The zero-order valence-electron chi connectivity index (χ0n) is 16.8. The number of anilines is 2. The number of hydrogen-bond donors (Lipinski definition) is 1. The molecule has 1 N–H and O–H groups in total. The van der Waals surface area contributed by atoms with Crippen molar-refractivity contribution in [2.24, 2.45) is 0 Å². The van der Waals surface area contributed by atoms with Crippen LogP contribution in [0.1, 0.15) is 39.3 Å². The first kappa shape index (κ1) is 20.3. The lowest BCUT2D eigenvalue weighted by atomic mass is 10.1. The highest BCUT2D eigenvalue weighted by Crippen LogP contribution is 2.22. The Kier molecular flexibility index (Phi) is 6.12. The number of carbonyl (C=O) groups excluding carboxylic acids is 1. The van der Waals surface area contributed by atoms with Crippen LogP contribution >= 0.6 is 0 Å². The van der Waals surface area contributed by atoms with Crippen molar-refractivity contribution in [2.75, 3.05) is 18.4 Å². The highest BCUT2D eigenvalue weighted by Gasteiger charge is 2.27. The van der Waals surface area contributed by atoms with E-state index in [1.165, 1.54) is 6.33 Å². The molecule has 1 aliphatic rings. The summed E-state index contributed by atoms with van der Waals surface area (Å²) in [4.78, 5) is 26.2. The minimum atomic E-state index is -0.501. The van der Waals surface area contributed by atoms with Gasteiger partial charge in [-0.15, -0.1) is 0 Å². The third-order valence-electron chi connectivity index (χ3n) is 4.17. The highest BCUT2D eigenvalue weighted by atomic mass is 16.6. The zero-order chi connectivity index (χ0) is 20.9. The van der Waals surface area contributed by atoms with Crippen molar-refractivity contribution in [2.45, 2.75) is 45.3 Å². The Morgan fingerprint density at radius 2 is 2.00 bits per heavy atom. The maximum Gasteiger partial charge on any atom is 0.410 e. The van der Waals surface area contributed by atoms with E-state index in [-0.39, 0.29) is 12.2 Å². The zero-order valence-corrected chi connectivity index (χ0v) is 16.8. The lowest BCUT2D eigenvalue weighted by Gasteiger charge is -2.33. The summed E-state index contributed by atoms with van der Waals surface area (Å²) >= 11 is 0. The third-order valence-corrected chi connectivity index (χ3v) is 4.17. The SMILES string of the molecule is CC(C)(C)OC(=O)N1CCC(Oc2cc(Nc3ccc(C#N)nc3)ncn2)CC1. The first-order valence-electron chi connectivity index (χ1n) is 9.42. The number of amides is 1. The molecular weight excluding hydrogens is 372 g/mol. The van der Waals surface area contributed by atoms with Crippen LogP contribution in [-0.2, 0) is 4.74 Å². The number of hydrogen-bond acceptors (Lipinski definition) is 8. The molecule has 0 bridgehead atoms. The molecule has 0 aromatic carbocycles. The average Bonchev–Trinajstić information content (AvgIpc) is 2.68. The molecule has 0 spiro atoms.